The number of carbonyl (C=O) groups excluding carboxylic acids is 1. The fraction of sp³-hybridized carbons (Fsp3) is 0.385. The monoisotopic (exact) mass is 419 g/mol. The minimum Gasteiger partial charge on any atom is -0.488 e. The number of rotatable bonds is 5. The number of benzene rings is 2. The van der Waals surface area contributed by atoms with Gasteiger partial charge in [0.25, 0.3) is 0 Å². The first-order valence-corrected chi connectivity index (χ1v) is 10.7. The summed E-state index contributed by atoms with van der Waals surface area (Å²) in [7, 11) is 0. The Kier molecular flexibility index (Phi) is 5.38. The molecule has 0 saturated heterocycles. The zero-order chi connectivity index (χ0) is 22.3. The Hall–Kier alpha value is -3.08. The molecule has 1 atom stereocenters. The predicted octanol–water partition coefficient (Wildman–Crippen LogP) is 5.93. The van der Waals surface area contributed by atoms with Crippen molar-refractivity contribution >= 4 is 5.78 Å². The second kappa shape index (κ2) is 7.88. The van der Waals surface area contributed by atoms with E-state index >= 15 is 0 Å². The largest absolute Gasteiger partial charge is 0.488 e. The van der Waals surface area contributed by atoms with Crippen molar-refractivity contribution in [2.45, 2.75) is 66.6 Å². The van der Waals surface area contributed by atoms with E-state index in [-0.39, 0.29) is 5.78 Å². The number of ether oxygens (including phenoxy) is 2. The number of hydrogen-bond acceptors (Lipinski definition) is 5. The Morgan fingerprint density at radius 3 is 2.45 bits per heavy atom. The van der Waals surface area contributed by atoms with Gasteiger partial charge < -0.3 is 13.9 Å². The lowest BCUT2D eigenvalue weighted by Gasteiger charge is -2.36. The zero-order valence-corrected chi connectivity index (χ0v) is 19.1. The third-order valence-corrected chi connectivity index (χ3v) is 6.30. The molecular weight excluding hydrogens is 390 g/mol. The van der Waals surface area contributed by atoms with Crippen LogP contribution in [0.1, 0.15) is 70.2 Å². The van der Waals surface area contributed by atoms with Crippen LogP contribution in [0.5, 0.6) is 11.5 Å². The average molecular weight is 420 g/mol. The summed E-state index contributed by atoms with van der Waals surface area (Å²) in [6.45, 7) is 12.0. The van der Waals surface area contributed by atoms with Gasteiger partial charge in [0, 0.05) is 18.9 Å². The van der Waals surface area contributed by atoms with Crippen LogP contribution in [0.4, 0.5) is 0 Å². The average Bonchev–Trinajstić information content (AvgIpc) is 3.16. The molecular formula is C26H29NO4. The molecule has 1 aromatic heterocycles. The molecule has 1 unspecified atom stereocenters. The number of Topliss-reactive ketones (excluding diaryl/α,β-unsaturated/α-hetero) is 1. The Balaban J connectivity index is 1.67. The highest BCUT2D eigenvalue weighted by atomic mass is 16.5. The predicted molar refractivity (Wildman–Crippen MR) is 119 cm³/mol. The number of fused-ring (bicyclic) bond motifs is 1. The lowest BCUT2D eigenvalue weighted by molar-refractivity contribution is 0.0327. The first-order chi connectivity index (χ1) is 14.7. The van der Waals surface area contributed by atoms with Gasteiger partial charge in [0.05, 0.1) is 0 Å². The maximum atomic E-state index is 11.8. The molecule has 0 radical (unpaired) electrons. The minimum absolute atomic E-state index is 0.101. The van der Waals surface area contributed by atoms with E-state index in [0.29, 0.717) is 30.4 Å². The van der Waals surface area contributed by atoms with E-state index in [9.17, 15) is 4.79 Å². The molecule has 2 heterocycles. The van der Waals surface area contributed by atoms with Gasteiger partial charge in [0.1, 0.15) is 29.6 Å². The summed E-state index contributed by atoms with van der Waals surface area (Å²) in [5, 5.41) is 0. The lowest BCUT2D eigenvalue weighted by Crippen LogP contribution is -2.35. The highest BCUT2D eigenvalue weighted by Crippen LogP contribution is 2.46. The molecule has 0 bridgehead atoms. The molecule has 1 aliphatic heterocycles. The van der Waals surface area contributed by atoms with E-state index in [4.69, 9.17) is 13.9 Å². The standard InChI is InChI=1S/C26H29NO4/c1-15-16(2)24-21(17(3)23(15)29-14-20-10-8-7-9-11-20)12-13-26(6,31-24)25-27-22(18(4)28)19(5)30-25/h7-11H,12-14H2,1-6H3. The molecule has 0 aliphatic carbocycles. The number of hydrogen-bond donors (Lipinski definition) is 0. The van der Waals surface area contributed by atoms with Gasteiger partial charge in [0.2, 0.25) is 5.89 Å². The van der Waals surface area contributed by atoms with Crippen molar-refractivity contribution in [2.24, 2.45) is 0 Å². The van der Waals surface area contributed by atoms with E-state index in [1.165, 1.54) is 12.5 Å². The first-order valence-electron chi connectivity index (χ1n) is 10.7. The smallest absolute Gasteiger partial charge is 0.239 e. The van der Waals surface area contributed by atoms with Crippen LogP contribution in [0.25, 0.3) is 0 Å². The second-order valence-electron chi connectivity index (χ2n) is 8.60. The molecule has 4 rings (SSSR count). The Bertz CT molecular complexity index is 1150. The van der Waals surface area contributed by atoms with Gasteiger partial charge in [0.15, 0.2) is 11.4 Å². The van der Waals surface area contributed by atoms with Crippen LogP contribution < -0.4 is 9.47 Å². The summed E-state index contributed by atoms with van der Waals surface area (Å²) >= 11 is 0. The molecule has 0 saturated carbocycles. The van der Waals surface area contributed by atoms with Crippen LogP contribution in [0.2, 0.25) is 0 Å². The third kappa shape index (κ3) is 3.73. The molecule has 0 fully saturated rings. The Labute approximate surface area is 183 Å². The molecule has 3 aromatic rings. The SMILES string of the molecule is CC(=O)c1nc(C2(C)CCc3c(C)c(OCc4ccccc4)c(C)c(C)c3O2)oc1C. The molecule has 0 N–H and O–H groups in total. The lowest BCUT2D eigenvalue weighted by atomic mass is 9.87. The maximum absolute atomic E-state index is 11.8. The number of aryl methyl sites for hydroxylation is 1. The summed E-state index contributed by atoms with van der Waals surface area (Å²) < 4.78 is 18.7. The van der Waals surface area contributed by atoms with E-state index < -0.39 is 5.60 Å². The fourth-order valence-electron chi connectivity index (χ4n) is 4.28. The van der Waals surface area contributed by atoms with Gasteiger partial charge in [-0.05, 0) is 63.3 Å². The van der Waals surface area contributed by atoms with Gasteiger partial charge in [-0.1, -0.05) is 30.3 Å². The van der Waals surface area contributed by atoms with Crippen molar-refractivity contribution in [1.29, 1.82) is 0 Å². The minimum atomic E-state index is -0.721. The van der Waals surface area contributed by atoms with Gasteiger partial charge in [-0.2, -0.15) is 0 Å². The quantitative estimate of drug-likeness (QED) is 0.480. The van der Waals surface area contributed by atoms with Crippen LogP contribution in [0.3, 0.4) is 0 Å². The molecule has 162 valence electrons. The highest BCUT2D eigenvalue weighted by molar-refractivity contribution is 5.93. The number of oxazole rings is 1. The van der Waals surface area contributed by atoms with Crippen molar-refractivity contribution in [2.75, 3.05) is 0 Å². The van der Waals surface area contributed by atoms with Gasteiger partial charge in [-0.25, -0.2) is 4.98 Å². The molecule has 2 aromatic carbocycles. The molecule has 0 spiro atoms. The van der Waals surface area contributed by atoms with Crippen LogP contribution in [-0.4, -0.2) is 10.8 Å². The second-order valence-corrected chi connectivity index (χ2v) is 8.60. The van der Waals surface area contributed by atoms with E-state index in [1.54, 1.807) is 6.92 Å². The first kappa shape index (κ1) is 21.2. The normalized spacial score (nSPS) is 17.7. The number of aromatic nitrogens is 1. The molecule has 1 aliphatic rings. The molecule has 5 nitrogen and oxygen atoms in total. The van der Waals surface area contributed by atoms with Crippen molar-refractivity contribution < 1.29 is 18.7 Å². The van der Waals surface area contributed by atoms with Crippen LogP contribution >= 0.6 is 0 Å². The summed E-state index contributed by atoms with van der Waals surface area (Å²) in [6, 6.07) is 10.2. The van der Waals surface area contributed by atoms with Crippen LogP contribution in [-0.2, 0) is 18.6 Å². The third-order valence-electron chi connectivity index (χ3n) is 6.30. The molecule has 31 heavy (non-hydrogen) atoms. The van der Waals surface area contributed by atoms with Gasteiger partial charge in [-0.15, -0.1) is 0 Å². The van der Waals surface area contributed by atoms with Crippen molar-refractivity contribution in [3.05, 3.63) is 75.5 Å². The van der Waals surface area contributed by atoms with Crippen LogP contribution in [0.15, 0.2) is 34.7 Å². The number of ketones is 1. The summed E-state index contributed by atoms with van der Waals surface area (Å²) in [4.78, 5) is 16.3. The summed E-state index contributed by atoms with van der Waals surface area (Å²) in [5.41, 5.74) is 5.21. The zero-order valence-electron chi connectivity index (χ0n) is 19.1. The number of carbonyl (C=O) groups is 1. The van der Waals surface area contributed by atoms with E-state index in [2.05, 4.69) is 37.9 Å². The van der Waals surface area contributed by atoms with E-state index in [1.807, 2.05) is 25.1 Å². The Morgan fingerprint density at radius 1 is 1.10 bits per heavy atom. The van der Waals surface area contributed by atoms with Gasteiger partial charge in [-0.3, -0.25) is 4.79 Å². The number of nitrogens with zero attached hydrogens (tertiary/aromatic N) is 1. The van der Waals surface area contributed by atoms with Gasteiger partial charge >= 0.3 is 0 Å². The molecule has 5 heteroatoms. The summed E-state index contributed by atoms with van der Waals surface area (Å²) in [5.74, 6) is 2.69. The van der Waals surface area contributed by atoms with Crippen molar-refractivity contribution in [1.82, 2.24) is 4.98 Å². The van der Waals surface area contributed by atoms with Crippen LogP contribution in [0, 0.1) is 27.7 Å². The van der Waals surface area contributed by atoms with E-state index in [0.717, 1.165) is 40.2 Å². The Morgan fingerprint density at radius 2 is 1.81 bits per heavy atom. The highest BCUT2D eigenvalue weighted by Gasteiger charge is 2.40. The van der Waals surface area contributed by atoms with Crippen molar-refractivity contribution in [3.8, 4) is 11.5 Å². The van der Waals surface area contributed by atoms with Crippen molar-refractivity contribution in [3.63, 3.8) is 0 Å². The summed E-state index contributed by atoms with van der Waals surface area (Å²) in [6.07, 6.45) is 1.52. The molecule has 0 amide bonds. The topological polar surface area (TPSA) is 61.6 Å². The fourth-order valence-corrected chi connectivity index (χ4v) is 4.28. The maximum Gasteiger partial charge on any atom is 0.239 e.